The molecule has 2 aliphatic heterocycles. The van der Waals surface area contributed by atoms with Gasteiger partial charge in [-0.15, -0.1) is 0 Å². The van der Waals surface area contributed by atoms with E-state index >= 15 is 0 Å². The topological polar surface area (TPSA) is 58.2 Å². The highest BCUT2D eigenvalue weighted by atomic mass is 35.5. The van der Waals surface area contributed by atoms with Crippen LogP contribution in [0.5, 0.6) is 0 Å². The third-order valence-corrected chi connectivity index (χ3v) is 6.81. The van der Waals surface area contributed by atoms with Gasteiger partial charge in [0.2, 0.25) is 11.8 Å². The largest absolute Gasteiger partial charge is 0.348 e. The Morgan fingerprint density at radius 3 is 2.53 bits per heavy atom. The van der Waals surface area contributed by atoms with Crippen molar-refractivity contribution in [1.29, 1.82) is 0 Å². The molecule has 6 heteroatoms. The number of nitrogens with one attached hydrogen (secondary N) is 2. The van der Waals surface area contributed by atoms with Crippen LogP contribution < -0.4 is 10.6 Å². The van der Waals surface area contributed by atoms with Gasteiger partial charge in [-0.1, -0.05) is 61.3 Å². The number of hydrogen-bond acceptors (Lipinski definition) is 2. The number of carbonyl (C=O) groups excluding carboxylic acids is 2. The van der Waals surface area contributed by atoms with Crippen molar-refractivity contribution in [2.45, 2.75) is 44.6 Å². The highest BCUT2D eigenvalue weighted by Crippen LogP contribution is 2.55. The maximum absolute atomic E-state index is 13.8. The fraction of sp³-hybridized carbons (Fsp3) is 0.333. The van der Waals surface area contributed by atoms with Gasteiger partial charge in [0.15, 0.2) is 0 Å². The minimum absolute atomic E-state index is 0.0779. The van der Waals surface area contributed by atoms with E-state index in [1.165, 1.54) is 0 Å². The maximum Gasteiger partial charge on any atom is 0.238 e. The lowest BCUT2D eigenvalue weighted by Gasteiger charge is -2.48. The fourth-order valence-electron chi connectivity index (χ4n) is 5.13. The molecule has 2 amide bonds. The summed E-state index contributed by atoms with van der Waals surface area (Å²) >= 11 is 12.5. The quantitative estimate of drug-likeness (QED) is 0.620. The second-order valence-corrected chi connectivity index (χ2v) is 9.14. The zero-order valence-corrected chi connectivity index (χ0v) is 18.6. The van der Waals surface area contributed by atoms with Gasteiger partial charge >= 0.3 is 0 Å². The van der Waals surface area contributed by atoms with Gasteiger partial charge in [-0.05, 0) is 53.8 Å². The van der Waals surface area contributed by atoms with Crippen LogP contribution in [0, 0.1) is 5.92 Å². The van der Waals surface area contributed by atoms with Crippen LogP contribution in [0.2, 0.25) is 10.0 Å². The van der Waals surface area contributed by atoms with Crippen LogP contribution in [-0.4, -0.2) is 17.9 Å². The molecule has 156 valence electrons. The Labute approximate surface area is 186 Å². The van der Waals surface area contributed by atoms with Crippen molar-refractivity contribution in [3.63, 3.8) is 0 Å². The Balaban J connectivity index is 2.03. The molecule has 0 aromatic heterocycles. The van der Waals surface area contributed by atoms with Crippen molar-refractivity contribution in [3.8, 4) is 0 Å². The molecule has 2 aromatic rings. The number of fused-ring (bicyclic) bond motifs is 2. The van der Waals surface area contributed by atoms with Crippen molar-refractivity contribution in [2.24, 2.45) is 5.92 Å². The molecule has 3 atom stereocenters. The van der Waals surface area contributed by atoms with Crippen molar-refractivity contribution >= 4 is 40.7 Å². The molecule has 1 saturated heterocycles. The predicted molar refractivity (Wildman–Crippen MR) is 121 cm³/mol. The molecule has 2 aliphatic rings. The molecular formula is C24H24Cl2N2O2. The molecule has 1 spiro atoms. The normalized spacial score (nSPS) is 26.0. The highest BCUT2D eigenvalue weighted by Gasteiger charge is 2.61. The molecule has 2 N–H and O–H groups in total. The van der Waals surface area contributed by atoms with Crippen LogP contribution in [0.1, 0.15) is 44.2 Å². The van der Waals surface area contributed by atoms with E-state index in [1.807, 2.05) is 37.3 Å². The van der Waals surface area contributed by atoms with E-state index < -0.39 is 11.5 Å². The monoisotopic (exact) mass is 442 g/mol. The summed E-state index contributed by atoms with van der Waals surface area (Å²) in [6.07, 6.45) is 2.21. The first-order valence-electron chi connectivity index (χ1n) is 10.1. The van der Waals surface area contributed by atoms with Crippen LogP contribution in [-0.2, 0) is 15.0 Å². The molecule has 4 rings (SSSR count). The van der Waals surface area contributed by atoms with E-state index in [0.29, 0.717) is 15.7 Å². The third-order valence-electron chi connectivity index (χ3n) is 6.34. The van der Waals surface area contributed by atoms with Crippen LogP contribution in [0.3, 0.4) is 0 Å². The average molecular weight is 443 g/mol. The first-order valence-corrected chi connectivity index (χ1v) is 10.9. The van der Waals surface area contributed by atoms with E-state index in [-0.39, 0.29) is 30.1 Å². The molecule has 0 aliphatic carbocycles. The molecule has 4 nitrogen and oxygen atoms in total. The first-order chi connectivity index (χ1) is 14.3. The molecule has 2 aromatic carbocycles. The zero-order valence-electron chi connectivity index (χ0n) is 17.1. The van der Waals surface area contributed by atoms with Crippen LogP contribution in [0.4, 0.5) is 5.69 Å². The summed E-state index contributed by atoms with van der Waals surface area (Å²) in [6.45, 7) is 6.11. The minimum Gasteiger partial charge on any atom is -0.348 e. The number of carbonyl (C=O) groups is 2. The van der Waals surface area contributed by atoms with Gasteiger partial charge in [-0.25, -0.2) is 0 Å². The van der Waals surface area contributed by atoms with Crippen molar-refractivity contribution < 1.29 is 9.59 Å². The van der Waals surface area contributed by atoms with Crippen molar-refractivity contribution in [3.05, 3.63) is 75.3 Å². The molecule has 0 unspecified atom stereocenters. The van der Waals surface area contributed by atoms with E-state index in [0.717, 1.165) is 16.7 Å². The van der Waals surface area contributed by atoms with E-state index in [2.05, 4.69) is 24.5 Å². The second kappa shape index (κ2) is 7.75. The number of hydrogen-bond donors (Lipinski definition) is 2. The summed E-state index contributed by atoms with van der Waals surface area (Å²) in [5, 5.41) is 7.32. The average Bonchev–Trinajstić information content (AvgIpc) is 2.96. The molecule has 2 heterocycles. The van der Waals surface area contributed by atoms with Crippen molar-refractivity contribution in [2.75, 3.05) is 5.32 Å². The summed E-state index contributed by atoms with van der Waals surface area (Å²) in [5.74, 6) is -0.425. The predicted octanol–water partition coefficient (Wildman–Crippen LogP) is 5.46. The number of allylic oxidation sites excluding steroid dienone is 1. The second-order valence-electron chi connectivity index (χ2n) is 8.27. The van der Waals surface area contributed by atoms with Gasteiger partial charge in [0.05, 0.1) is 6.04 Å². The fourth-order valence-corrected chi connectivity index (χ4v) is 5.50. The summed E-state index contributed by atoms with van der Waals surface area (Å²) in [7, 11) is 0. The lowest BCUT2D eigenvalue weighted by Crippen LogP contribution is -2.63. The highest BCUT2D eigenvalue weighted by molar-refractivity contribution is 6.31. The number of rotatable bonds is 3. The summed E-state index contributed by atoms with van der Waals surface area (Å²) < 4.78 is 0. The number of halogens is 2. The van der Waals surface area contributed by atoms with Crippen LogP contribution in [0.25, 0.3) is 0 Å². The first kappa shape index (κ1) is 21.0. The summed E-state index contributed by atoms with van der Waals surface area (Å²) in [5.41, 5.74) is 2.45. The third kappa shape index (κ3) is 3.14. The minimum atomic E-state index is -0.995. The summed E-state index contributed by atoms with van der Waals surface area (Å²) in [4.78, 5) is 26.7. The number of amides is 2. The lowest BCUT2D eigenvalue weighted by molar-refractivity contribution is -0.130. The lowest BCUT2D eigenvalue weighted by atomic mass is 9.58. The molecule has 0 saturated carbocycles. The van der Waals surface area contributed by atoms with Gasteiger partial charge < -0.3 is 10.6 Å². The number of anilines is 1. The summed E-state index contributed by atoms with van der Waals surface area (Å²) in [6, 6.07) is 12.5. The van der Waals surface area contributed by atoms with Gasteiger partial charge in [-0.2, -0.15) is 0 Å². The van der Waals surface area contributed by atoms with Gasteiger partial charge in [0.25, 0.3) is 0 Å². The Hall–Kier alpha value is -2.30. The van der Waals surface area contributed by atoms with E-state index in [9.17, 15) is 9.59 Å². The van der Waals surface area contributed by atoms with Crippen molar-refractivity contribution in [1.82, 2.24) is 5.32 Å². The zero-order chi connectivity index (χ0) is 21.6. The Bertz CT molecular complexity index is 1060. The van der Waals surface area contributed by atoms with Gasteiger partial charge in [0.1, 0.15) is 5.41 Å². The van der Waals surface area contributed by atoms with Crippen LogP contribution >= 0.6 is 23.2 Å². The smallest absolute Gasteiger partial charge is 0.238 e. The maximum atomic E-state index is 13.8. The number of benzene rings is 2. The molecule has 30 heavy (non-hydrogen) atoms. The standard InChI is InChI=1S/C24H24Cl2N2O2/c1-4-17(13(2)3)22-24(18-9-8-16(26)11-20(18)27-23(24)30)19(12-21(29)28-22)14-6-5-7-15(25)10-14/h4-11,13,19,22H,12H2,1-3H3,(H,27,30)(H,28,29)/b17-4-/t19-,22+,24-/m0/s1. The van der Waals surface area contributed by atoms with E-state index in [1.54, 1.807) is 18.2 Å². The molecule has 1 fully saturated rings. The Morgan fingerprint density at radius 1 is 1.13 bits per heavy atom. The Kier molecular flexibility index (Phi) is 5.41. The number of piperidine rings is 1. The van der Waals surface area contributed by atoms with Gasteiger partial charge in [0, 0.05) is 28.1 Å². The van der Waals surface area contributed by atoms with Gasteiger partial charge in [-0.3, -0.25) is 9.59 Å². The van der Waals surface area contributed by atoms with E-state index in [4.69, 9.17) is 23.2 Å². The SMILES string of the molecule is C/C=C(/C(C)C)[C@H]1NC(=O)C[C@@H](c2cccc(Cl)c2)[C@]12C(=O)Nc1cc(Cl)ccc12. The molecular weight excluding hydrogens is 419 g/mol. The van der Waals surface area contributed by atoms with Crippen LogP contribution in [0.15, 0.2) is 54.1 Å². The Morgan fingerprint density at radius 2 is 1.87 bits per heavy atom. The molecule has 0 bridgehead atoms. The molecule has 0 radical (unpaired) electrons.